The van der Waals surface area contributed by atoms with Crippen LogP contribution < -0.4 is 0 Å². The highest BCUT2D eigenvalue weighted by atomic mass is 127. The highest BCUT2D eigenvalue weighted by Crippen LogP contribution is 2.16. The zero-order valence-electron chi connectivity index (χ0n) is 12.8. The predicted octanol–water partition coefficient (Wildman–Crippen LogP) is 4.88. The van der Waals surface area contributed by atoms with E-state index in [1.807, 2.05) is 32.0 Å². The molecule has 114 valence electrons. The van der Waals surface area contributed by atoms with E-state index in [9.17, 15) is 4.79 Å². The number of allylic oxidation sites excluding steroid dienone is 1. The molecule has 1 aromatic rings. The fourth-order valence-electron chi connectivity index (χ4n) is 1.99. The summed E-state index contributed by atoms with van der Waals surface area (Å²) in [6.45, 7) is 7.81. The lowest BCUT2D eigenvalue weighted by Crippen LogP contribution is -2.19. The molecule has 0 saturated carbocycles. The minimum absolute atomic E-state index is 0.101. The highest BCUT2D eigenvalue weighted by Gasteiger charge is 2.14. The van der Waals surface area contributed by atoms with E-state index in [2.05, 4.69) is 41.3 Å². The van der Waals surface area contributed by atoms with Crippen LogP contribution in [-0.4, -0.2) is 16.5 Å². The van der Waals surface area contributed by atoms with Gasteiger partial charge in [-0.3, -0.25) is 0 Å². The average molecular weight is 398 g/mol. The summed E-state index contributed by atoms with van der Waals surface area (Å²) in [5.41, 5.74) is 3.33. The lowest BCUT2D eigenvalue weighted by molar-refractivity contribution is -0.143. The fourth-order valence-corrected chi connectivity index (χ4v) is 2.30. The van der Waals surface area contributed by atoms with E-state index < -0.39 is 0 Å². The summed E-state index contributed by atoms with van der Waals surface area (Å²) in [5.74, 6) is -0.255. The van der Waals surface area contributed by atoms with Gasteiger partial charge in [-0.15, -0.1) is 0 Å². The second-order valence-corrected chi connectivity index (χ2v) is 6.16. The molecule has 0 N–H and O–H groups in total. The van der Waals surface area contributed by atoms with E-state index in [0.29, 0.717) is 0 Å². The molecule has 0 aliphatic heterocycles. The third-order valence-electron chi connectivity index (χ3n) is 2.99. The molecule has 0 saturated heterocycles. The van der Waals surface area contributed by atoms with E-state index in [-0.39, 0.29) is 12.1 Å². The van der Waals surface area contributed by atoms with Gasteiger partial charge in [0.2, 0.25) is 0 Å². The van der Waals surface area contributed by atoms with Crippen molar-refractivity contribution < 1.29 is 9.53 Å². The van der Waals surface area contributed by atoms with Crippen molar-refractivity contribution >= 4 is 28.6 Å². The molecule has 0 bridgehead atoms. The van der Waals surface area contributed by atoms with Crippen molar-refractivity contribution in [1.82, 2.24) is 0 Å². The summed E-state index contributed by atoms with van der Waals surface area (Å²) in [7, 11) is 0. The Labute approximate surface area is 141 Å². The summed E-state index contributed by atoms with van der Waals surface area (Å²) in [6, 6.07) is 10.3. The lowest BCUT2D eigenvalue weighted by Gasteiger charge is -2.18. The van der Waals surface area contributed by atoms with E-state index in [1.54, 1.807) is 6.08 Å². The minimum atomic E-state index is -0.255. The first kappa shape index (κ1) is 18.0. The van der Waals surface area contributed by atoms with Crippen LogP contribution >= 0.6 is 22.6 Å². The molecule has 1 atom stereocenters. The summed E-state index contributed by atoms with van der Waals surface area (Å²) in [4.78, 5) is 11.8. The fraction of sp³-hybridized carbons (Fsp3) is 0.389. The van der Waals surface area contributed by atoms with E-state index >= 15 is 0 Å². The number of carbonyl (C=O) groups excluding carboxylic acids is 1. The Kier molecular flexibility index (Phi) is 8.35. The number of aryl methyl sites for hydroxylation is 1. The van der Waals surface area contributed by atoms with Crippen molar-refractivity contribution in [2.75, 3.05) is 4.43 Å². The summed E-state index contributed by atoms with van der Waals surface area (Å²) in [5, 5.41) is 0. The lowest BCUT2D eigenvalue weighted by atomic mass is 10.0. The number of halogens is 1. The van der Waals surface area contributed by atoms with Crippen LogP contribution in [0.5, 0.6) is 0 Å². The molecule has 0 aliphatic rings. The maximum atomic E-state index is 11.8. The first-order chi connectivity index (χ1) is 10.0. The molecule has 2 nitrogen and oxygen atoms in total. The van der Waals surface area contributed by atoms with Gasteiger partial charge in [0.1, 0.15) is 6.10 Å². The summed E-state index contributed by atoms with van der Waals surface area (Å²) in [6.07, 6.45) is 3.90. The number of carbonyl (C=O) groups is 1. The Morgan fingerprint density at radius 1 is 1.33 bits per heavy atom. The van der Waals surface area contributed by atoms with Gasteiger partial charge in [-0.05, 0) is 32.3 Å². The maximum Gasteiger partial charge on any atom is 0.330 e. The van der Waals surface area contributed by atoms with Crippen LogP contribution in [0.4, 0.5) is 0 Å². The Balaban J connectivity index is 2.61. The van der Waals surface area contributed by atoms with Crippen LogP contribution in [-0.2, 0) is 16.0 Å². The van der Waals surface area contributed by atoms with Crippen LogP contribution in [0.15, 0.2) is 54.1 Å². The molecule has 1 rings (SSSR count). The Morgan fingerprint density at radius 3 is 2.57 bits per heavy atom. The third kappa shape index (κ3) is 8.05. The molecule has 0 aromatic heterocycles. The van der Waals surface area contributed by atoms with Crippen molar-refractivity contribution in [2.24, 2.45) is 0 Å². The van der Waals surface area contributed by atoms with E-state index in [4.69, 9.17) is 4.74 Å². The SMILES string of the molecule is C=C(CI)C[C@@H](CCc1ccccc1)OC(=O)C=C(C)C. The van der Waals surface area contributed by atoms with Gasteiger partial charge < -0.3 is 4.74 Å². The molecule has 0 unspecified atom stereocenters. The van der Waals surface area contributed by atoms with Crippen LogP contribution in [0.3, 0.4) is 0 Å². The topological polar surface area (TPSA) is 26.3 Å². The Morgan fingerprint density at radius 2 is 2.00 bits per heavy atom. The summed E-state index contributed by atoms with van der Waals surface area (Å²) >= 11 is 2.29. The number of benzene rings is 1. The molecule has 0 radical (unpaired) electrons. The first-order valence-electron chi connectivity index (χ1n) is 7.13. The zero-order chi connectivity index (χ0) is 15.7. The second kappa shape index (κ2) is 9.77. The van der Waals surface area contributed by atoms with E-state index in [1.165, 1.54) is 5.56 Å². The van der Waals surface area contributed by atoms with Crippen molar-refractivity contribution in [3.05, 3.63) is 59.7 Å². The molecule has 1 aromatic carbocycles. The molecule has 0 spiro atoms. The predicted molar refractivity (Wildman–Crippen MR) is 96.7 cm³/mol. The maximum absolute atomic E-state index is 11.8. The number of hydrogen-bond donors (Lipinski definition) is 0. The van der Waals surface area contributed by atoms with Crippen molar-refractivity contribution in [3.63, 3.8) is 0 Å². The monoisotopic (exact) mass is 398 g/mol. The third-order valence-corrected chi connectivity index (χ3v) is 4.07. The van der Waals surface area contributed by atoms with Gasteiger partial charge in [-0.25, -0.2) is 4.79 Å². The molecular formula is C18H23IO2. The minimum Gasteiger partial charge on any atom is -0.459 e. The Hall–Kier alpha value is -1.10. The van der Waals surface area contributed by atoms with Crippen LogP contribution in [0.1, 0.15) is 32.3 Å². The summed E-state index contributed by atoms with van der Waals surface area (Å²) < 4.78 is 6.46. The van der Waals surface area contributed by atoms with Gasteiger partial charge in [-0.2, -0.15) is 0 Å². The molecule has 0 aliphatic carbocycles. The average Bonchev–Trinajstić information content (AvgIpc) is 2.44. The van der Waals surface area contributed by atoms with Gasteiger partial charge in [0.05, 0.1) is 0 Å². The van der Waals surface area contributed by atoms with Gasteiger partial charge in [0, 0.05) is 16.9 Å². The molecular weight excluding hydrogens is 375 g/mol. The molecule has 3 heteroatoms. The number of hydrogen-bond acceptors (Lipinski definition) is 2. The van der Waals surface area contributed by atoms with Crippen molar-refractivity contribution in [2.45, 2.75) is 39.2 Å². The zero-order valence-corrected chi connectivity index (χ0v) is 14.9. The highest BCUT2D eigenvalue weighted by molar-refractivity contribution is 14.1. The van der Waals surface area contributed by atoms with Gasteiger partial charge in [0.25, 0.3) is 0 Å². The smallest absolute Gasteiger partial charge is 0.330 e. The van der Waals surface area contributed by atoms with E-state index in [0.717, 1.165) is 34.8 Å². The largest absolute Gasteiger partial charge is 0.459 e. The number of alkyl halides is 1. The normalized spacial score (nSPS) is 11.6. The van der Waals surface area contributed by atoms with Gasteiger partial charge in [0.15, 0.2) is 0 Å². The Bertz CT molecular complexity index is 487. The second-order valence-electron chi connectivity index (χ2n) is 5.39. The number of rotatable bonds is 8. The van der Waals surface area contributed by atoms with Crippen molar-refractivity contribution in [3.8, 4) is 0 Å². The molecule has 0 amide bonds. The first-order valence-corrected chi connectivity index (χ1v) is 8.66. The van der Waals surface area contributed by atoms with Crippen LogP contribution in [0, 0.1) is 0 Å². The van der Waals surface area contributed by atoms with Gasteiger partial charge >= 0.3 is 5.97 Å². The number of esters is 1. The van der Waals surface area contributed by atoms with Gasteiger partial charge in [-0.1, -0.05) is 70.6 Å². The van der Waals surface area contributed by atoms with Crippen LogP contribution in [0.25, 0.3) is 0 Å². The molecule has 0 heterocycles. The number of ether oxygens (including phenoxy) is 1. The molecule has 21 heavy (non-hydrogen) atoms. The molecule has 0 fully saturated rings. The standard InChI is InChI=1S/C18H23IO2/c1-14(2)11-18(20)21-17(12-15(3)13-19)10-9-16-7-5-4-6-8-16/h4-8,11,17H,3,9-10,12-13H2,1-2H3/t17-/m1/s1. The quantitative estimate of drug-likeness (QED) is 0.205. The van der Waals surface area contributed by atoms with Crippen LogP contribution in [0.2, 0.25) is 0 Å². The van der Waals surface area contributed by atoms with Crippen molar-refractivity contribution in [1.29, 1.82) is 0 Å².